The first-order chi connectivity index (χ1) is 50.5. The molecule has 0 aliphatic heterocycles. The number of aromatic nitrogens is 2. The van der Waals surface area contributed by atoms with E-state index in [2.05, 4.69) is 36.6 Å². The first-order valence-electron chi connectivity index (χ1n) is 39.0. The van der Waals surface area contributed by atoms with Gasteiger partial charge in [0, 0.05) is 111 Å². The monoisotopic (exact) mass is 1590 g/mol. The van der Waals surface area contributed by atoms with Crippen molar-refractivity contribution in [3.05, 3.63) is 22.1 Å². The average molecular weight is 1590 g/mol. The van der Waals surface area contributed by atoms with Crippen LogP contribution in [0.3, 0.4) is 0 Å². The molecule has 0 radical (unpaired) electrons. The van der Waals surface area contributed by atoms with Crippen molar-refractivity contribution in [2.24, 2.45) is 0 Å². The zero-order chi connectivity index (χ0) is 86.7. The lowest BCUT2D eigenvalue weighted by atomic mass is 9.80. The summed E-state index contributed by atoms with van der Waals surface area (Å²) in [5.41, 5.74) is -15.8. The Morgan fingerprint density at radius 1 is 0.277 bits per heavy atom. The average Bonchev–Trinajstić information content (AvgIpc) is 0.850. The van der Waals surface area contributed by atoms with Crippen molar-refractivity contribution >= 4 is 83.4 Å². The number of hydrogen-bond donors (Lipinski definition) is 6. The van der Waals surface area contributed by atoms with Gasteiger partial charge in [-0.25, -0.2) is 9.78 Å². The van der Waals surface area contributed by atoms with Crippen LogP contribution < -0.4 is 32.1 Å². The number of hydrogen-bond acceptors (Lipinski definition) is 24. The number of amides is 5. The number of carbonyl (C=O) groups excluding carboxylic acids is 13. The molecule has 0 aromatic carbocycles. The smallest absolute Gasteiger partial charge is 0.321 e. The Hall–Kier alpha value is -8.21. The first-order valence-corrected chi connectivity index (χ1v) is 39.0. The van der Waals surface area contributed by atoms with Crippen molar-refractivity contribution in [2.75, 3.05) is 5.32 Å². The summed E-state index contributed by atoms with van der Waals surface area (Å²) in [7, 11) is 0. The molecule has 112 heavy (non-hydrogen) atoms. The van der Waals surface area contributed by atoms with Crippen molar-refractivity contribution < 1.29 is 105 Å². The summed E-state index contributed by atoms with van der Waals surface area (Å²) in [4.78, 5) is 205. The zero-order valence-electron chi connectivity index (χ0n) is 72.9. The van der Waals surface area contributed by atoms with Crippen LogP contribution in [-0.4, -0.2) is 160 Å². The lowest BCUT2D eigenvalue weighted by Gasteiger charge is -2.39. The van der Waals surface area contributed by atoms with Gasteiger partial charge in [-0.3, -0.25) is 72.6 Å². The number of esters is 9. The summed E-state index contributed by atoms with van der Waals surface area (Å²) in [5.74, 6) is -8.82. The summed E-state index contributed by atoms with van der Waals surface area (Å²) >= 11 is 0. The van der Waals surface area contributed by atoms with E-state index >= 15 is 19.2 Å². The maximum atomic E-state index is 15.5. The molecule has 0 spiro atoms. The van der Waals surface area contributed by atoms with Gasteiger partial charge in [0.1, 0.15) is 50.4 Å². The van der Waals surface area contributed by atoms with Gasteiger partial charge in [0.25, 0.3) is 5.56 Å². The Labute approximate surface area is 664 Å². The molecular formula is C82H139N7O23. The molecule has 6 N–H and O–H groups in total. The number of anilines is 1. The van der Waals surface area contributed by atoms with Gasteiger partial charge in [-0.1, -0.05) is 0 Å². The fourth-order valence-electron chi connectivity index (χ4n) is 12.0. The number of H-pyrrole nitrogens is 1. The number of nitrogens with zero attached hydrogens (tertiary/aromatic N) is 1. The van der Waals surface area contributed by atoms with Gasteiger partial charge < -0.3 is 63.9 Å². The fourth-order valence-corrected chi connectivity index (χ4v) is 12.0. The predicted octanol–water partition coefficient (Wildman–Crippen LogP) is 12.9. The second-order valence-corrected chi connectivity index (χ2v) is 38.4. The molecule has 0 saturated heterocycles. The van der Waals surface area contributed by atoms with Crippen LogP contribution in [0.2, 0.25) is 0 Å². The van der Waals surface area contributed by atoms with Gasteiger partial charge in [0.05, 0.1) is 0 Å². The maximum absolute atomic E-state index is 15.5. The Morgan fingerprint density at radius 3 is 0.598 bits per heavy atom. The minimum atomic E-state index is -1.95. The first kappa shape index (κ1) is 102. The quantitative estimate of drug-likeness (QED) is 0.0262. The molecule has 0 aliphatic carbocycles. The van der Waals surface area contributed by atoms with E-state index in [9.17, 15) is 47.9 Å². The third kappa shape index (κ3) is 49.3. The molecule has 1 rings (SSSR count). The summed E-state index contributed by atoms with van der Waals surface area (Å²) < 4.78 is 51.4. The van der Waals surface area contributed by atoms with Crippen LogP contribution in [0.5, 0.6) is 0 Å². The molecule has 640 valence electrons. The van der Waals surface area contributed by atoms with Crippen molar-refractivity contribution in [1.82, 2.24) is 31.2 Å². The van der Waals surface area contributed by atoms with E-state index in [4.69, 9.17) is 42.6 Å². The number of urea groups is 1. The number of rotatable bonds is 41. The van der Waals surface area contributed by atoms with Gasteiger partial charge in [-0.05, 0) is 271 Å². The normalized spacial score (nSPS) is 12.9. The van der Waals surface area contributed by atoms with Crippen LogP contribution in [0.15, 0.2) is 10.9 Å². The third-order valence-electron chi connectivity index (χ3n) is 16.2. The Balaban J connectivity index is 4.85. The van der Waals surface area contributed by atoms with Crippen molar-refractivity contribution in [3.63, 3.8) is 0 Å². The summed E-state index contributed by atoms with van der Waals surface area (Å²) in [6.45, 7) is 46.5. The highest BCUT2D eigenvalue weighted by Crippen LogP contribution is 2.35. The number of ether oxygens (including phenoxy) is 9. The van der Waals surface area contributed by atoms with Gasteiger partial charge >= 0.3 is 59.8 Å². The van der Waals surface area contributed by atoms with Crippen LogP contribution in [-0.2, 0) is 100 Å². The summed E-state index contributed by atoms with van der Waals surface area (Å²) in [6, 6.07) is 0.0836. The third-order valence-corrected chi connectivity index (χ3v) is 16.2. The molecule has 0 saturated carbocycles. The van der Waals surface area contributed by atoms with E-state index in [1.807, 2.05) is 0 Å². The van der Waals surface area contributed by atoms with Crippen molar-refractivity contribution in [2.45, 2.75) is 421 Å². The zero-order valence-corrected chi connectivity index (χ0v) is 72.9. The van der Waals surface area contributed by atoms with Crippen molar-refractivity contribution in [1.29, 1.82) is 0 Å². The van der Waals surface area contributed by atoms with Crippen LogP contribution in [0.4, 0.5) is 10.7 Å². The highest BCUT2D eigenvalue weighted by Gasteiger charge is 2.43. The molecule has 1 heterocycles. The number of nitrogens with one attached hydrogen (secondary N) is 6. The molecule has 30 nitrogen and oxygen atoms in total. The predicted molar refractivity (Wildman–Crippen MR) is 421 cm³/mol. The van der Waals surface area contributed by atoms with Gasteiger partial charge in [0.2, 0.25) is 23.7 Å². The Morgan fingerprint density at radius 2 is 0.438 bits per heavy atom. The lowest BCUT2D eigenvalue weighted by molar-refractivity contribution is -0.158. The number of carbonyl (C=O) groups is 13. The highest BCUT2D eigenvalue weighted by molar-refractivity contribution is 5.88. The molecule has 0 atom stereocenters. The van der Waals surface area contributed by atoms with E-state index in [1.165, 1.54) is 13.0 Å². The molecule has 1 aromatic heterocycles. The minimum absolute atomic E-state index is 0.186. The SMILES string of the molecule is Cc1cc(=O)[nH]c(NC(=O)NC(CCC(=O)NC(CCC(=O)OC(C)(C)C)(CCC(=O)OC(C)(C)C)CCC(=O)OC(C)(C)C)(CCC(=O)NC(CCC(=O)OC(C)(C)C)(CCC(=O)OC(C)(C)C)CCC(=O)OC(C)(C)C)CCC(=O)NC(CCC(=O)OC(C)(C)C)(CCC(=O)OC(C)(C)C)CCC(=O)OC(C)(C)C)n1. The molecule has 0 aliphatic rings. The summed E-state index contributed by atoms with van der Waals surface area (Å²) in [6.07, 6.45) is -8.15. The lowest BCUT2D eigenvalue weighted by Crippen LogP contribution is -2.55. The molecule has 30 heteroatoms. The van der Waals surface area contributed by atoms with Crippen LogP contribution in [0, 0.1) is 6.92 Å². The molecule has 0 unspecified atom stereocenters. The van der Waals surface area contributed by atoms with Gasteiger partial charge in [-0.15, -0.1) is 0 Å². The topological polar surface area (TPSA) is 411 Å². The molecule has 0 fully saturated rings. The van der Waals surface area contributed by atoms with Crippen molar-refractivity contribution in [3.8, 4) is 0 Å². The second-order valence-electron chi connectivity index (χ2n) is 38.4. The molecule has 0 bridgehead atoms. The number of aryl methyl sites for hydroxylation is 1. The van der Waals surface area contributed by atoms with E-state index in [0.717, 1.165) is 0 Å². The van der Waals surface area contributed by atoms with Crippen LogP contribution >= 0.6 is 0 Å². The molecule has 5 amide bonds. The van der Waals surface area contributed by atoms with Gasteiger partial charge in [-0.2, -0.15) is 0 Å². The van der Waals surface area contributed by atoms with E-state index < -0.39 is 194 Å². The van der Waals surface area contributed by atoms with Crippen LogP contribution in [0.25, 0.3) is 0 Å². The van der Waals surface area contributed by atoms with E-state index in [-0.39, 0.29) is 127 Å². The molecule has 1 aromatic rings. The second kappa shape index (κ2) is 42.2. The highest BCUT2D eigenvalue weighted by atomic mass is 16.6. The summed E-state index contributed by atoms with van der Waals surface area (Å²) in [5, 5.41) is 14.6. The largest absolute Gasteiger partial charge is 0.460 e. The van der Waals surface area contributed by atoms with E-state index in [0.29, 0.717) is 0 Å². The standard InChI is InChI=1S/C82H139N7O23/c1-54-53-58(93)84-68(83-54)85-69(103)89-82(41-29-55(90)86-79(44-32-59(94)104-70(2,3)4,45-33-60(95)105-71(5,6)7)46-34-61(96)106-72(8,9)10,42-30-56(91)87-80(47-35-62(97)107-73(11,12)13,48-36-63(98)108-74(14,15)16)49-37-64(99)109-75(17,18)19)43-31-57(92)88-81(50-38-65(100)110-76(20,21)22,51-39-66(101)111-77(23,24)25)52-40-67(102)112-78(26,27)28/h53H,29-52H2,1-28H3,(H,86,90)(H,87,91)(H,88,92)(H3,83,84,85,89,93,103). The minimum Gasteiger partial charge on any atom is -0.460 e. The van der Waals surface area contributed by atoms with E-state index in [1.54, 1.807) is 187 Å². The fraction of sp³-hybridized carbons (Fsp3) is 0.793. The number of aromatic amines is 1. The Kier molecular flexibility index (Phi) is 38.4. The maximum Gasteiger partial charge on any atom is 0.321 e. The van der Waals surface area contributed by atoms with Crippen LogP contribution in [0.1, 0.15) is 347 Å². The Bertz CT molecular complexity index is 2890. The molecular weight excluding hydrogens is 1450 g/mol. The van der Waals surface area contributed by atoms with Gasteiger partial charge in [0.15, 0.2) is 0 Å².